The summed E-state index contributed by atoms with van der Waals surface area (Å²) < 4.78 is 5.04. The van der Waals surface area contributed by atoms with E-state index in [1.807, 2.05) is 16.9 Å². The van der Waals surface area contributed by atoms with Crippen LogP contribution in [0.2, 0.25) is 0 Å². The predicted molar refractivity (Wildman–Crippen MR) is 103 cm³/mol. The lowest BCUT2D eigenvalue weighted by Crippen LogP contribution is -2.32. The second kappa shape index (κ2) is 6.45. The van der Waals surface area contributed by atoms with Crippen molar-refractivity contribution in [2.75, 3.05) is 6.54 Å². The Morgan fingerprint density at radius 3 is 2.69 bits per heavy atom. The van der Waals surface area contributed by atoms with E-state index in [9.17, 15) is 0 Å². The Morgan fingerprint density at radius 1 is 1.08 bits per heavy atom. The molecule has 1 aliphatic carbocycles. The lowest BCUT2D eigenvalue weighted by molar-refractivity contribution is 0.188. The fraction of sp³-hybridized carbons (Fsp3) is 0.350. The van der Waals surface area contributed by atoms with Gasteiger partial charge in [0.25, 0.3) is 0 Å². The lowest BCUT2D eigenvalue weighted by Gasteiger charge is -2.28. The van der Waals surface area contributed by atoms with Crippen molar-refractivity contribution < 1.29 is 0 Å². The molecule has 0 radical (unpaired) electrons. The molecule has 0 bridgehead atoms. The first kappa shape index (κ1) is 15.9. The maximum atomic E-state index is 5.79. The van der Waals surface area contributed by atoms with Crippen molar-refractivity contribution in [3.8, 4) is 11.4 Å². The van der Waals surface area contributed by atoms with Gasteiger partial charge in [-0.3, -0.25) is 14.5 Å². The van der Waals surface area contributed by atoms with Crippen molar-refractivity contribution in [3.05, 3.63) is 64.7 Å². The van der Waals surface area contributed by atoms with E-state index < -0.39 is 0 Å². The number of hydrogen-bond donors (Lipinski definition) is 0. The van der Waals surface area contributed by atoms with Crippen molar-refractivity contribution in [1.29, 1.82) is 0 Å². The highest BCUT2D eigenvalue weighted by Crippen LogP contribution is 2.38. The minimum Gasteiger partial charge on any atom is -0.297 e. The van der Waals surface area contributed by atoms with Crippen molar-refractivity contribution in [3.63, 3.8) is 0 Å². The first-order valence-electron chi connectivity index (χ1n) is 9.18. The number of hydrogen-bond acceptors (Lipinski definition) is 4. The maximum absolute atomic E-state index is 5.79. The molecule has 1 aromatic carbocycles. The molecule has 1 fully saturated rings. The van der Waals surface area contributed by atoms with Gasteiger partial charge in [-0.05, 0) is 54.7 Å². The zero-order chi connectivity index (χ0) is 17.5. The van der Waals surface area contributed by atoms with Crippen LogP contribution in [-0.2, 0) is 19.6 Å². The van der Waals surface area contributed by atoms with Crippen molar-refractivity contribution in [1.82, 2.24) is 24.2 Å². The number of benzene rings is 1. The minimum atomic E-state index is 0.494. The molecule has 132 valence electrons. The van der Waals surface area contributed by atoms with Crippen molar-refractivity contribution >= 4 is 12.2 Å². The molecule has 5 nitrogen and oxygen atoms in total. The molecule has 0 atom stereocenters. The summed E-state index contributed by atoms with van der Waals surface area (Å²) in [6.45, 7) is 2.73. The molecule has 5 rings (SSSR count). The van der Waals surface area contributed by atoms with E-state index in [-0.39, 0.29) is 0 Å². The van der Waals surface area contributed by atoms with Gasteiger partial charge in [-0.15, -0.1) is 0 Å². The summed E-state index contributed by atoms with van der Waals surface area (Å²) in [4.78, 5) is 6.68. The average Bonchev–Trinajstić information content (AvgIpc) is 3.47. The van der Waals surface area contributed by atoms with Gasteiger partial charge in [0.2, 0.25) is 0 Å². The van der Waals surface area contributed by atoms with Gasteiger partial charge in [-0.1, -0.05) is 24.3 Å². The Kier molecular flexibility index (Phi) is 3.94. The number of rotatable bonds is 4. The summed E-state index contributed by atoms with van der Waals surface area (Å²) in [7, 11) is 0. The molecule has 1 aliphatic heterocycles. The quantitative estimate of drug-likeness (QED) is 0.661. The van der Waals surface area contributed by atoms with E-state index in [1.165, 1.54) is 24.0 Å². The first-order chi connectivity index (χ1) is 12.8. The van der Waals surface area contributed by atoms with Crippen molar-refractivity contribution in [2.45, 2.75) is 38.5 Å². The number of nitrogens with zero attached hydrogens (tertiary/aromatic N) is 5. The summed E-state index contributed by atoms with van der Waals surface area (Å²) in [5, 5.41) is 4.89. The van der Waals surface area contributed by atoms with Gasteiger partial charge < -0.3 is 0 Å². The van der Waals surface area contributed by atoms with Crippen LogP contribution in [0.4, 0.5) is 0 Å². The minimum absolute atomic E-state index is 0.494. The Labute approximate surface area is 157 Å². The van der Waals surface area contributed by atoms with Crippen LogP contribution in [0.3, 0.4) is 0 Å². The van der Waals surface area contributed by atoms with E-state index in [2.05, 4.69) is 44.8 Å². The highest BCUT2D eigenvalue weighted by molar-refractivity contribution is 7.71. The molecule has 0 spiro atoms. The van der Waals surface area contributed by atoms with E-state index in [1.54, 1.807) is 6.20 Å². The molecule has 0 unspecified atom stereocenters. The molecule has 26 heavy (non-hydrogen) atoms. The predicted octanol–water partition coefficient (Wildman–Crippen LogP) is 3.83. The van der Waals surface area contributed by atoms with Gasteiger partial charge in [0.05, 0.1) is 6.67 Å². The molecule has 2 aromatic heterocycles. The second-order valence-electron chi connectivity index (χ2n) is 7.16. The molecule has 3 heterocycles. The van der Waals surface area contributed by atoms with E-state index in [0.29, 0.717) is 6.04 Å². The molecular formula is C20H21N5S. The standard InChI is InChI=1S/C20H21N5S/c26-20-24(14-23-11-9-15-4-1-2-5-17(15)13-23)22-19(25(20)18-7-8-18)16-6-3-10-21-12-16/h1-6,10,12,18H,7-9,11,13-14H2. The largest absolute Gasteiger partial charge is 0.297 e. The van der Waals surface area contributed by atoms with Crippen LogP contribution < -0.4 is 0 Å². The Hall–Kier alpha value is -2.31. The number of pyridine rings is 1. The van der Waals surface area contributed by atoms with E-state index in [4.69, 9.17) is 17.3 Å². The van der Waals surface area contributed by atoms with Gasteiger partial charge in [0, 0.05) is 37.1 Å². The number of aromatic nitrogens is 4. The molecule has 1 saturated carbocycles. The zero-order valence-corrected chi connectivity index (χ0v) is 15.4. The van der Waals surface area contributed by atoms with Crippen LogP contribution in [0, 0.1) is 4.77 Å². The van der Waals surface area contributed by atoms with Crippen LogP contribution in [0.1, 0.15) is 30.0 Å². The van der Waals surface area contributed by atoms with Crippen LogP contribution in [0.25, 0.3) is 11.4 Å². The first-order valence-corrected chi connectivity index (χ1v) is 9.59. The average molecular weight is 363 g/mol. The third-order valence-electron chi connectivity index (χ3n) is 5.25. The Bertz CT molecular complexity index is 987. The summed E-state index contributed by atoms with van der Waals surface area (Å²) in [6, 6.07) is 13.2. The highest BCUT2D eigenvalue weighted by Gasteiger charge is 2.29. The Morgan fingerprint density at radius 2 is 1.92 bits per heavy atom. The smallest absolute Gasteiger partial charge is 0.199 e. The number of fused-ring (bicyclic) bond motifs is 1. The molecule has 2 aliphatic rings. The van der Waals surface area contributed by atoms with Crippen LogP contribution in [-0.4, -0.2) is 30.8 Å². The fourth-order valence-electron chi connectivity index (χ4n) is 3.73. The summed E-state index contributed by atoms with van der Waals surface area (Å²) >= 11 is 5.79. The molecule has 3 aromatic rings. The molecule has 0 amide bonds. The zero-order valence-electron chi connectivity index (χ0n) is 14.6. The Balaban J connectivity index is 1.46. The topological polar surface area (TPSA) is 38.9 Å². The SMILES string of the molecule is S=c1n(CN2CCc3ccccc3C2)nc(-c2cccnc2)n1C1CC1. The second-order valence-corrected chi connectivity index (χ2v) is 7.53. The van der Waals surface area contributed by atoms with Crippen LogP contribution >= 0.6 is 12.2 Å². The summed E-state index contributed by atoms with van der Waals surface area (Å²) in [6.07, 6.45) is 7.12. The fourth-order valence-corrected chi connectivity index (χ4v) is 4.06. The molecule has 0 saturated heterocycles. The molecule has 6 heteroatoms. The molecule has 0 N–H and O–H groups in total. The molecular weight excluding hydrogens is 342 g/mol. The highest BCUT2D eigenvalue weighted by atomic mass is 32.1. The van der Waals surface area contributed by atoms with Gasteiger partial charge in [-0.2, -0.15) is 5.10 Å². The van der Waals surface area contributed by atoms with Gasteiger partial charge in [-0.25, -0.2) is 4.68 Å². The van der Waals surface area contributed by atoms with Gasteiger partial charge in [0.1, 0.15) is 0 Å². The third kappa shape index (κ3) is 2.89. The van der Waals surface area contributed by atoms with Crippen LogP contribution in [0.5, 0.6) is 0 Å². The third-order valence-corrected chi connectivity index (χ3v) is 5.65. The lowest BCUT2D eigenvalue weighted by atomic mass is 10.0. The van der Waals surface area contributed by atoms with Crippen molar-refractivity contribution in [2.24, 2.45) is 0 Å². The summed E-state index contributed by atoms with van der Waals surface area (Å²) in [5.74, 6) is 0.947. The van der Waals surface area contributed by atoms with E-state index >= 15 is 0 Å². The monoisotopic (exact) mass is 363 g/mol. The van der Waals surface area contributed by atoms with Crippen LogP contribution in [0.15, 0.2) is 48.8 Å². The van der Waals surface area contributed by atoms with Gasteiger partial charge >= 0.3 is 0 Å². The van der Waals surface area contributed by atoms with Gasteiger partial charge in [0.15, 0.2) is 10.6 Å². The summed E-state index contributed by atoms with van der Waals surface area (Å²) in [5.41, 5.74) is 3.92. The normalized spacial score (nSPS) is 17.2. The van der Waals surface area contributed by atoms with E-state index in [0.717, 1.165) is 42.3 Å². The maximum Gasteiger partial charge on any atom is 0.199 e.